The summed E-state index contributed by atoms with van der Waals surface area (Å²) in [7, 11) is 3.42. The van der Waals surface area contributed by atoms with E-state index >= 15 is 0 Å². The Morgan fingerprint density at radius 2 is 1.63 bits per heavy atom. The van der Waals surface area contributed by atoms with Crippen molar-refractivity contribution < 1.29 is 19.2 Å². The second-order valence-electron chi connectivity index (χ2n) is 6.60. The Hall–Kier alpha value is -2.86. The third kappa shape index (κ3) is 6.11. The molecule has 2 rings (SSSR count). The molecule has 6 heteroatoms. The van der Waals surface area contributed by atoms with Crippen LogP contribution in [-0.4, -0.2) is 39.1 Å². The maximum Gasteiger partial charge on any atom is 0.279 e. The van der Waals surface area contributed by atoms with Crippen LogP contribution in [0.25, 0.3) is 0 Å². The molecule has 0 aliphatic heterocycles. The zero-order valence-electron chi connectivity index (χ0n) is 16.4. The van der Waals surface area contributed by atoms with Gasteiger partial charge in [0.15, 0.2) is 13.1 Å². The number of methoxy groups -OCH3 is 1. The van der Waals surface area contributed by atoms with Gasteiger partial charge >= 0.3 is 0 Å². The quantitative estimate of drug-likeness (QED) is 0.662. The predicted octanol–water partition coefficient (Wildman–Crippen LogP) is 1.66. The van der Waals surface area contributed by atoms with Gasteiger partial charge in [-0.1, -0.05) is 25.1 Å². The number of quaternary nitrogens is 1. The number of carbonyl (C=O) groups excluding carboxylic acids is 2. The van der Waals surface area contributed by atoms with Crippen LogP contribution in [0.1, 0.15) is 18.1 Å². The Labute approximate surface area is 160 Å². The molecule has 0 aliphatic rings. The molecule has 0 aliphatic carbocycles. The number of hydrogen-bond acceptors (Lipinski definition) is 3. The van der Waals surface area contributed by atoms with Gasteiger partial charge in [-0.25, -0.2) is 0 Å². The fourth-order valence-corrected chi connectivity index (χ4v) is 2.88. The van der Waals surface area contributed by atoms with E-state index in [1.165, 1.54) is 0 Å². The number of hydrogen-bond donors (Lipinski definition) is 3. The predicted molar refractivity (Wildman–Crippen MR) is 107 cm³/mol. The van der Waals surface area contributed by atoms with Gasteiger partial charge in [-0.05, 0) is 48.7 Å². The summed E-state index contributed by atoms with van der Waals surface area (Å²) in [4.78, 5) is 25.4. The Morgan fingerprint density at radius 1 is 1.00 bits per heavy atom. The SMILES string of the molecule is CCc1cccc(C)c1NC(=O)C[NH+](C)CC(=O)Nc1ccc(OC)cc1. The monoisotopic (exact) mass is 370 g/mol. The molecule has 0 bridgehead atoms. The Balaban J connectivity index is 1.86. The van der Waals surface area contributed by atoms with Crippen LogP contribution in [-0.2, 0) is 16.0 Å². The highest BCUT2D eigenvalue weighted by molar-refractivity contribution is 5.94. The minimum absolute atomic E-state index is 0.103. The average Bonchev–Trinajstić information content (AvgIpc) is 2.63. The van der Waals surface area contributed by atoms with Gasteiger partial charge in [0.1, 0.15) is 5.75 Å². The van der Waals surface area contributed by atoms with Crippen LogP contribution < -0.4 is 20.3 Å². The van der Waals surface area contributed by atoms with E-state index in [9.17, 15) is 9.59 Å². The number of amides is 2. The van der Waals surface area contributed by atoms with Crippen LogP contribution in [0.3, 0.4) is 0 Å². The molecule has 0 saturated heterocycles. The number of ether oxygens (including phenoxy) is 1. The van der Waals surface area contributed by atoms with E-state index in [1.54, 1.807) is 31.4 Å². The van der Waals surface area contributed by atoms with Gasteiger partial charge in [0.25, 0.3) is 11.8 Å². The molecule has 2 amide bonds. The van der Waals surface area contributed by atoms with Crippen LogP contribution in [0, 0.1) is 6.92 Å². The largest absolute Gasteiger partial charge is 0.497 e. The van der Waals surface area contributed by atoms with Crippen molar-refractivity contribution in [3.05, 3.63) is 53.6 Å². The number of carbonyl (C=O) groups is 2. The van der Waals surface area contributed by atoms with E-state index in [0.717, 1.165) is 33.9 Å². The number of aryl methyl sites for hydroxylation is 2. The van der Waals surface area contributed by atoms with Gasteiger partial charge in [0.2, 0.25) is 0 Å². The van der Waals surface area contributed by atoms with Crippen LogP contribution in [0.15, 0.2) is 42.5 Å². The highest BCUT2D eigenvalue weighted by Gasteiger charge is 2.16. The molecule has 0 fully saturated rings. The molecule has 2 aromatic rings. The summed E-state index contributed by atoms with van der Waals surface area (Å²) in [5, 5.41) is 5.82. The Morgan fingerprint density at radius 3 is 2.22 bits per heavy atom. The van der Waals surface area contributed by atoms with Crippen molar-refractivity contribution in [1.82, 2.24) is 0 Å². The highest BCUT2D eigenvalue weighted by Crippen LogP contribution is 2.20. The molecular formula is C21H28N3O3+. The Bertz CT molecular complexity index is 788. The van der Waals surface area contributed by atoms with Gasteiger partial charge in [-0.2, -0.15) is 0 Å². The topological polar surface area (TPSA) is 71.9 Å². The van der Waals surface area contributed by atoms with Gasteiger partial charge in [0.05, 0.1) is 14.2 Å². The van der Waals surface area contributed by atoms with Crippen LogP contribution in [0.5, 0.6) is 5.75 Å². The second kappa shape index (κ2) is 9.73. The molecule has 0 heterocycles. The molecule has 144 valence electrons. The molecule has 0 radical (unpaired) electrons. The third-order valence-corrected chi connectivity index (χ3v) is 4.30. The van der Waals surface area contributed by atoms with Crippen molar-refractivity contribution >= 4 is 23.2 Å². The minimum atomic E-state index is -0.143. The van der Waals surface area contributed by atoms with Crippen molar-refractivity contribution in [2.45, 2.75) is 20.3 Å². The molecule has 0 spiro atoms. The van der Waals surface area contributed by atoms with Crippen LogP contribution >= 0.6 is 0 Å². The lowest BCUT2D eigenvalue weighted by atomic mass is 10.1. The van der Waals surface area contributed by atoms with E-state index in [0.29, 0.717) is 5.69 Å². The van der Waals surface area contributed by atoms with Gasteiger partial charge in [0, 0.05) is 11.4 Å². The summed E-state index contributed by atoms with van der Waals surface area (Å²) in [6.07, 6.45) is 0.851. The van der Waals surface area contributed by atoms with Gasteiger partial charge in [-0.3, -0.25) is 9.59 Å². The second-order valence-corrected chi connectivity index (χ2v) is 6.60. The molecule has 27 heavy (non-hydrogen) atoms. The molecule has 0 saturated carbocycles. The lowest BCUT2D eigenvalue weighted by Gasteiger charge is -2.16. The Kier molecular flexibility index (Phi) is 7.37. The van der Waals surface area contributed by atoms with Crippen molar-refractivity contribution in [3.63, 3.8) is 0 Å². The maximum atomic E-state index is 12.4. The van der Waals surface area contributed by atoms with Crippen LogP contribution in [0.4, 0.5) is 11.4 Å². The van der Waals surface area contributed by atoms with Crippen LogP contribution in [0.2, 0.25) is 0 Å². The summed E-state index contributed by atoms with van der Waals surface area (Å²) in [5.41, 5.74) is 3.72. The summed E-state index contributed by atoms with van der Waals surface area (Å²) in [6, 6.07) is 13.1. The van der Waals surface area contributed by atoms with Gasteiger partial charge < -0.3 is 20.3 Å². The fraction of sp³-hybridized carbons (Fsp3) is 0.333. The first-order chi connectivity index (χ1) is 12.9. The number of nitrogens with one attached hydrogen (secondary N) is 3. The van der Waals surface area contributed by atoms with Crippen molar-refractivity contribution in [2.75, 3.05) is 37.9 Å². The smallest absolute Gasteiger partial charge is 0.279 e. The molecule has 3 N–H and O–H groups in total. The summed E-state index contributed by atoms with van der Waals surface area (Å²) >= 11 is 0. The first-order valence-corrected chi connectivity index (χ1v) is 9.06. The minimum Gasteiger partial charge on any atom is -0.497 e. The van der Waals surface area contributed by atoms with Crippen molar-refractivity contribution in [3.8, 4) is 5.75 Å². The third-order valence-electron chi connectivity index (χ3n) is 4.30. The number of benzene rings is 2. The number of anilines is 2. The summed E-state index contributed by atoms with van der Waals surface area (Å²) in [5.74, 6) is 0.486. The lowest BCUT2D eigenvalue weighted by Crippen LogP contribution is -3.11. The molecule has 1 unspecified atom stereocenters. The first-order valence-electron chi connectivity index (χ1n) is 9.06. The number of rotatable bonds is 8. The van der Waals surface area contributed by atoms with E-state index in [2.05, 4.69) is 17.6 Å². The van der Waals surface area contributed by atoms with E-state index in [1.807, 2.05) is 32.2 Å². The standard InChI is InChI=1S/C21H27N3O3/c1-5-16-8-6-7-15(2)21(16)23-20(26)14-24(3)13-19(25)22-17-9-11-18(27-4)12-10-17/h6-12H,5,13-14H2,1-4H3,(H,22,25)(H,23,26)/p+1. The maximum absolute atomic E-state index is 12.4. The molecule has 1 atom stereocenters. The number of para-hydroxylation sites is 1. The first kappa shape index (κ1) is 20.5. The highest BCUT2D eigenvalue weighted by atomic mass is 16.5. The van der Waals surface area contributed by atoms with E-state index in [4.69, 9.17) is 4.74 Å². The lowest BCUT2D eigenvalue weighted by molar-refractivity contribution is -0.862. The molecule has 2 aromatic carbocycles. The van der Waals surface area contributed by atoms with Crippen molar-refractivity contribution in [1.29, 1.82) is 0 Å². The number of likely N-dealkylation sites (N-methyl/N-ethyl adjacent to an activating group) is 1. The van der Waals surface area contributed by atoms with Crippen molar-refractivity contribution in [2.24, 2.45) is 0 Å². The van der Waals surface area contributed by atoms with E-state index in [-0.39, 0.29) is 24.9 Å². The fourth-order valence-electron chi connectivity index (χ4n) is 2.88. The molecule has 6 nitrogen and oxygen atoms in total. The van der Waals surface area contributed by atoms with E-state index < -0.39 is 0 Å². The average molecular weight is 370 g/mol. The van der Waals surface area contributed by atoms with Gasteiger partial charge in [-0.15, -0.1) is 0 Å². The summed E-state index contributed by atoms with van der Waals surface area (Å²) in [6.45, 7) is 4.46. The summed E-state index contributed by atoms with van der Waals surface area (Å²) < 4.78 is 5.09. The normalized spacial score (nSPS) is 11.6. The zero-order chi connectivity index (χ0) is 19.8. The molecule has 0 aromatic heterocycles. The molecular weight excluding hydrogens is 342 g/mol. The zero-order valence-corrected chi connectivity index (χ0v) is 16.4.